The van der Waals surface area contributed by atoms with Gasteiger partial charge in [0, 0.05) is 0 Å². The smallest absolute Gasteiger partial charge is 0.261 e. The van der Waals surface area contributed by atoms with Crippen LogP contribution in [0, 0.1) is 23.6 Å². The van der Waals surface area contributed by atoms with Crippen LogP contribution in [-0.4, -0.2) is 8.42 Å². The van der Waals surface area contributed by atoms with Crippen molar-refractivity contribution in [1.82, 2.24) is 0 Å². The molecule has 27 heavy (non-hydrogen) atoms. The summed E-state index contributed by atoms with van der Waals surface area (Å²) in [6, 6.07) is 13.1. The second-order valence-corrected chi connectivity index (χ2v) is 10.5. The van der Waals surface area contributed by atoms with Crippen molar-refractivity contribution in [2.24, 2.45) is 17.8 Å². The van der Waals surface area contributed by atoms with Crippen molar-refractivity contribution in [2.75, 3.05) is 4.72 Å². The fraction of sp³-hybridized carbons (Fsp3) is 0.455. The van der Waals surface area contributed by atoms with E-state index >= 15 is 0 Å². The Morgan fingerprint density at radius 1 is 0.852 bits per heavy atom. The first-order chi connectivity index (χ1) is 12.9. The zero-order valence-corrected chi connectivity index (χ0v) is 16.0. The zero-order chi connectivity index (χ0) is 18.6. The molecule has 1 N–H and O–H groups in total. The van der Waals surface area contributed by atoms with Gasteiger partial charge < -0.3 is 0 Å². The quantitative estimate of drug-likeness (QED) is 0.796. The van der Waals surface area contributed by atoms with Crippen LogP contribution in [0.1, 0.15) is 44.1 Å². The van der Waals surface area contributed by atoms with E-state index in [1.165, 1.54) is 62.3 Å². The molecule has 4 aliphatic rings. The van der Waals surface area contributed by atoms with Crippen LogP contribution in [0.2, 0.25) is 0 Å². The molecule has 142 valence electrons. The summed E-state index contributed by atoms with van der Waals surface area (Å²) in [5, 5.41) is 0. The Morgan fingerprint density at radius 3 is 1.96 bits per heavy atom. The Labute approximate surface area is 160 Å². The number of rotatable bonds is 4. The molecule has 4 fully saturated rings. The summed E-state index contributed by atoms with van der Waals surface area (Å²) in [5.41, 5.74) is 1.50. The van der Waals surface area contributed by atoms with Crippen molar-refractivity contribution in [2.45, 2.75) is 48.8 Å². The molecule has 6 rings (SSSR count). The van der Waals surface area contributed by atoms with Crippen LogP contribution in [0.4, 0.5) is 10.1 Å². The first-order valence-electron chi connectivity index (χ1n) is 9.81. The van der Waals surface area contributed by atoms with Crippen molar-refractivity contribution >= 4 is 15.7 Å². The van der Waals surface area contributed by atoms with E-state index < -0.39 is 15.8 Å². The molecular formula is C22H24FNO2S. The van der Waals surface area contributed by atoms with E-state index in [4.69, 9.17) is 0 Å². The molecule has 4 aliphatic carbocycles. The van der Waals surface area contributed by atoms with Crippen molar-refractivity contribution in [1.29, 1.82) is 0 Å². The molecule has 0 amide bonds. The maximum atomic E-state index is 13.8. The molecule has 2 aromatic carbocycles. The number of sulfonamides is 1. The van der Waals surface area contributed by atoms with Gasteiger partial charge >= 0.3 is 0 Å². The molecule has 5 heteroatoms. The summed E-state index contributed by atoms with van der Waals surface area (Å²) in [7, 11) is -3.80. The summed E-state index contributed by atoms with van der Waals surface area (Å²) >= 11 is 0. The molecule has 2 aromatic rings. The van der Waals surface area contributed by atoms with Gasteiger partial charge in [-0.2, -0.15) is 0 Å². The number of anilines is 1. The lowest BCUT2D eigenvalue weighted by molar-refractivity contribution is -0.00521. The number of benzene rings is 2. The summed E-state index contributed by atoms with van der Waals surface area (Å²) in [6.07, 6.45) is 7.91. The molecule has 0 aromatic heterocycles. The molecule has 4 bridgehead atoms. The van der Waals surface area contributed by atoms with Crippen LogP contribution in [0.15, 0.2) is 53.4 Å². The number of halogens is 1. The molecule has 3 nitrogen and oxygen atoms in total. The normalized spacial score (nSPS) is 31.8. The number of para-hydroxylation sites is 1. The van der Waals surface area contributed by atoms with Gasteiger partial charge in [0.15, 0.2) is 0 Å². The van der Waals surface area contributed by atoms with Gasteiger partial charge in [-0.1, -0.05) is 24.3 Å². The van der Waals surface area contributed by atoms with Gasteiger partial charge in [-0.15, -0.1) is 0 Å². The van der Waals surface area contributed by atoms with E-state index in [1.807, 2.05) is 12.1 Å². The van der Waals surface area contributed by atoms with Crippen LogP contribution in [0.5, 0.6) is 0 Å². The fourth-order valence-electron chi connectivity index (χ4n) is 6.20. The highest BCUT2D eigenvalue weighted by molar-refractivity contribution is 7.92. The Morgan fingerprint density at radius 2 is 1.41 bits per heavy atom. The first-order valence-corrected chi connectivity index (χ1v) is 11.3. The van der Waals surface area contributed by atoms with Crippen LogP contribution in [0.3, 0.4) is 0 Å². The molecule has 0 spiro atoms. The summed E-state index contributed by atoms with van der Waals surface area (Å²) in [6.45, 7) is 0. The Kier molecular flexibility index (Phi) is 3.87. The average molecular weight is 386 g/mol. The van der Waals surface area contributed by atoms with Gasteiger partial charge in [0.2, 0.25) is 0 Å². The summed E-state index contributed by atoms with van der Waals surface area (Å²) < 4.78 is 41.4. The highest BCUT2D eigenvalue weighted by Crippen LogP contribution is 2.60. The van der Waals surface area contributed by atoms with Crippen LogP contribution < -0.4 is 4.72 Å². The molecule has 0 heterocycles. The van der Waals surface area contributed by atoms with Crippen LogP contribution in [-0.2, 0) is 15.4 Å². The number of hydrogen-bond donors (Lipinski definition) is 1. The summed E-state index contributed by atoms with van der Waals surface area (Å²) in [5.74, 6) is 1.97. The predicted molar refractivity (Wildman–Crippen MR) is 104 cm³/mol. The van der Waals surface area contributed by atoms with E-state index in [0.717, 1.165) is 17.8 Å². The molecular weight excluding hydrogens is 361 g/mol. The monoisotopic (exact) mass is 385 g/mol. The minimum atomic E-state index is -3.80. The lowest BCUT2D eigenvalue weighted by Crippen LogP contribution is -2.48. The third kappa shape index (κ3) is 2.96. The van der Waals surface area contributed by atoms with Gasteiger partial charge in [0.05, 0.1) is 10.6 Å². The molecule has 0 unspecified atom stereocenters. The zero-order valence-electron chi connectivity index (χ0n) is 15.2. The standard InChI is InChI=1S/C22H24FNO2S/c23-20-3-1-2-4-21(20)24-27(25,26)19-7-5-18(6-8-19)22-12-15-9-16(13-22)11-17(10-15)14-22/h1-8,15-17,24H,9-14H2. The molecule has 0 aliphatic heterocycles. The molecule has 0 radical (unpaired) electrons. The third-order valence-corrected chi connectivity index (χ3v) is 8.31. The Hall–Kier alpha value is -1.88. The van der Waals surface area contributed by atoms with Crippen LogP contribution in [0.25, 0.3) is 0 Å². The topological polar surface area (TPSA) is 46.2 Å². The molecule has 0 atom stereocenters. The minimum Gasteiger partial charge on any atom is -0.277 e. The SMILES string of the molecule is O=S(=O)(Nc1ccccc1F)c1ccc(C23CC4CC(CC(C4)C2)C3)cc1. The Bertz CT molecular complexity index is 933. The van der Waals surface area contributed by atoms with Gasteiger partial charge in [0.1, 0.15) is 5.82 Å². The maximum absolute atomic E-state index is 13.8. The van der Waals surface area contributed by atoms with E-state index in [0.29, 0.717) is 0 Å². The van der Waals surface area contributed by atoms with Gasteiger partial charge in [-0.05, 0) is 91.5 Å². The van der Waals surface area contributed by atoms with Crippen molar-refractivity contribution < 1.29 is 12.8 Å². The minimum absolute atomic E-state index is 0.0253. The predicted octanol–water partition coefficient (Wildman–Crippen LogP) is 5.09. The average Bonchev–Trinajstić information content (AvgIpc) is 2.63. The van der Waals surface area contributed by atoms with E-state index in [2.05, 4.69) is 4.72 Å². The Balaban J connectivity index is 1.41. The van der Waals surface area contributed by atoms with Gasteiger partial charge in [-0.3, -0.25) is 4.72 Å². The molecule has 4 saturated carbocycles. The van der Waals surface area contributed by atoms with E-state index in [1.54, 1.807) is 18.2 Å². The summed E-state index contributed by atoms with van der Waals surface area (Å²) in [4.78, 5) is 0.180. The van der Waals surface area contributed by atoms with Gasteiger partial charge in [0.25, 0.3) is 10.0 Å². The third-order valence-electron chi connectivity index (χ3n) is 6.93. The van der Waals surface area contributed by atoms with Gasteiger partial charge in [-0.25, -0.2) is 12.8 Å². The highest BCUT2D eigenvalue weighted by Gasteiger charge is 2.51. The second kappa shape index (κ2) is 6.06. The van der Waals surface area contributed by atoms with Crippen molar-refractivity contribution in [3.63, 3.8) is 0 Å². The van der Waals surface area contributed by atoms with Crippen molar-refractivity contribution in [3.8, 4) is 0 Å². The largest absolute Gasteiger partial charge is 0.277 e. The second-order valence-electron chi connectivity index (χ2n) is 8.81. The van der Waals surface area contributed by atoms with Crippen LogP contribution >= 0.6 is 0 Å². The van der Waals surface area contributed by atoms with E-state index in [-0.39, 0.29) is 16.0 Å². The lowest BCUT2D eigenvalue weighted by Gasteiger charge is -2.57. The number of nitrogens with one attached hydrogen (secondary N) is 1. The van der Waals surface area contributed by atoms with E-state index in [9.17, 15) is 12.8 Å². The molecule has 0 saturated heterocycles. The lowest BCUT2D eigenvalue weighted by atomic mass is 9.48. The maximum Gasteiger partial charge on any atom is 0.261 e. The van der Waals surface area contributed by atoms with Crippen molar-refractivity contribution in [3.05, 3.63) is 59.9 Å². The fourth-order valence-corrected chi connectivity index (χ4v) is 7.27. The highest BCUT2D eigenvalue weighted by atomic mass is 32.2. The number of hydrogen-bond acceptors (Lipinski definition) is 2. The first kappa shape index (κ1) is 17.2.